The smallest absolute Gasteiger partial charge is 0.140 e. The predicted molar refractivity (Wildman–Crippen MR) is 69.7 cm³/mol. The summed E-state index contributed by atoms with van der Waals surface area (Å²) in [7, 11) is 0. The highest BCUT2D eigenvalue weighted by Crippen LogP contribution is 2.28. The van der Waals surface area contributed by atoms with Crippen LogP contribution in [0.5, 0.6) is 0 Å². The highest BCUT2D eigenvalue weighted by Gasteiger charge is 2.12. The molecule has 2 N–H and O–H groups in total. The number of benzene rings is 1. The standard InChI is InChI=1S/C14H12FN3/c1-9-4-2-3-5-11(9)13-14(16)18-8-10(15)6-7-12(18)17-13/h2-8H,16H2,1H3. The minimum Gasteiger partial charge on any atom is -0.383 e. The molecule has 0 saturated carbocycles. The van der Waals surface area contributed by atoms with Gasteiger partial charge in [0.1, 0.15) is 23.0 Å². The van der Waals surface area contributed by atoms with Gasteiger partial charge in [0.15, 0.2) is 0 Å². The monoisotopic (exact) mass is 241 g/mol. The molecule has 0 amide bonds. The Kier molecular flexibility index (Phi) is 2.30. The van der Waals surface area contributed by atoms with Gasteiger partial charge in [-0.3, -0.25) is 4.40 Å². The van der Waals surface area contributed by atoms with Gasteiger partial charge in [-0.05, 0) is 24.6 Å². The fourth-order valence-electron chi connectivity index (χ4n) is 2.07. The second-order valence-corrected chi connectivity index (χ2v) is 4.24. The fourth-order valence-corrected chi connectivity index (χ4v) is 2.07. The molecule has 1 aromatic carbocycles. The second kappa shape index (κ2) is 3.84. The van der Waals surface area contributed by atoms with Crippen LogP contribution in [0.1, 0.15) is 5.56 Å². The zero-order chi connectivity index (χ0) is 12.7. The first kappa shape index (κ1) is 10.8. The Morgan fingerprint density at radius 2 is 1.94 bits per heavy atom. The van der Waals surface area contributed by atoms with E-state index in [-0.39, 0.29) is 5.82 Å². The van der Waals surface area contributed by atoms with Crippen LogP contribution in [0, 0.1) is 12.7 Å². The normalized spacial score (nSPS) is 11.0. The fraction of sp³-hybridized carbons (Fsp3) is 0.0714. The van der Waals surface area contributed by atoms with Gasteiger partial charge in [0.2, 0.25) is 0 Å². The number of aryl methyl sites for hydroxylation is 1. The highest BCUT2D eigenvalue weighted by molar-refractivity contribution is 5.76. The van der Waals surface area contributed by atoms with E-state index in [4.69, 9.17) is 5.73 Å². The van der Waals surface area contributed by atoms with Gasteiger partial charge in [-0.2, -0.15) is 0 Å². The van der Waals surface area contributed by atoms with Crippen LogP contribution < -0.4 is 5.73 Å². The van der Waals surface area contributed by atoms with Crippen LogP contribution in [0.3, 0.4) is 0 Å². The third-order valence-electron chi connectivity index (χ3n) is 3.02. The molecule has 0 aliphatic carbocycles. The van der Waals surface area contributed by atoms with E-state index >= 15 is 0 Å². The number of anilines is 1. The van der Waals surface area contributed by atoms with E-state index in [0.29, 0.717) is 17.2 Å². The Hall–Kier alpha value is -2.36. The lowest BCUT2D eigenvalue weighted by Gasteiger charge is -2.02. The summed E-state index contributed by atoms with van der Waals surface area (Å²) in [6.07, 6.45) is 1.35. The van der Waals surface area contributed by atoms with Crippen LogP contribution >= 0.6 is 0 Å². The number of pyridine rings is 1. The van der Waals surface area contributed by atoms with E-state index in [1.165, 1.54) is 12.3 Å². The molecule has 0 aliphatic rings. The molecule has 0 unspecified atom stereocenters. The zero-order valence-electron chi connectivity index (χ0n) is 9.89. The van der Waals surface area contributed by atoms with E-state index in [1.807, 2.05) is 31.2 Å². The molecule has 0 fully saturated rings. The molecule has 2 heterocycles. The first-order valence-corrected chi connectivity index (χ1v) is 5.66. The first-order chi connectivity index (χ1) is 8.66. The summed E-state index contributed by atoms with van der Waals surface area (Å²) in [5.74, 6) is 0.127. The summed E-state index contributed by atoms with van der Waals surface area (Å²) >= 11 is 0. The molecule has 0 spiro atoms. The van der Waals surface area contributed by atoms with Gasteiger partial charge in [0.25, 0.3) is 0 Å². The maximum Gasteiger partial charge on any atom is 0.140 e. The van der Waals surface area contributed by atoms with Crippen molar-refractivity contribution in [2.24, 2.45) is 0 Å². The van der Waals surface area contributed by atoms with Gasteiger partial charge in [0.05, 0.1) is 0 Å². The summed E-state index contributed by atoms with van der Waals surface area (Å²) < 4.78 is 14.8. The van der Waals surface area contributed by atoms with Crippen molar-refractivity contribution < 1.29 is 4.39 Å². The summed E-state index contributed by atoms with van der Waals surface area (Å²) in [4.78, 5) is 4.46. The van der Waals surface area contributed by atoms with Crippen molar-refractivity contribution >= 4 is 11.5 Å². The van der Waals surface area contributed by atoms with Crippen LogP contribution in [0.4, 0.5) is 10.2 Å². The predicted octanol–water partition coefficient (Wildman–Crippen LogP) is 3.03. The lowest BCUT2D eigenvalue weighted by atomic mass is 10.1. The van der Waals surface area contributed by atoms with Crippen LogP contribution in [-0.2, 0) is 0 Å². The van der Waals surface area contributed by atoms with Crippen molar-refractivity contribution in [3.05, 3.63) is 54.0 Å². The molecule has 90 valence electrons. The molecule has 18 heavy (non-hydrogen) atoms. The number of rotatable bonds is 1. The number of fused-ring (bicyclic) bond motifs is 1. The number of nitrogens with zero attached hydrogens (tertiary/aromatic N) is 2. The van der Waals surface area contributed by atoms with Crippen LogP contribution in [0.15, 0.2) is 42.6 Å². The maximum absolute atomic E-state index is 13.2. The first-order valence-electron chi connectivity index (χ1n) is 5.66. The summed E-state index contributed by atoms with van der Waals surface area (Å²) in [5, 5.41) is 0. The quantitative estimate of drug-likeness (QED) is 0.711. The van der Waals surface area contributed by atoms with Crippen molar-refractivity contribution in [2.45, 2.75) is 6.92 Å². The third-order valence-corrected chi connectivity index (χ3v) is 3.02. The Labute approximate surface area is 104 Å². The van der Waals surface area contributed by atoms with Gasteiger partial charge in [0, 0.05) is 11.8 Å². The van der Waals surface area contributed by atoms with E-state index in [2.05, 4.69) is 4.98 Å². The molecular weight excluding hydrogens is 229 g/mol. The third kappa shape index (κ3) is 1.54. The highest BCUT2D eigenvalue weighted by atomic mass is 19.1. The van der Waals surface area contributed by atoms with Crippen molar-refractivity contribution in [1.29, 1.82) is 0 Å². The molecule has 2 aromatic heterocycles. The molecule has 0 saturated heterocycles. The maximum atomic E-state index is 13.2. The molecule has 3 nitrogen and oxygen atoms in total. The molecule has 0 aliphatic heterocycles. The van der Waals surface area contributed by atoms with E-state index in [9.17, 15) is 4.39 Å². The average molecular weight is 241 g/mol. The van der Waals surface area contributed by atoms with Gasteiger partial charge in [-0.15, -0.1) is 0 Å². The van der Waals surface area contributed by atoms with Crippen molar-refractivity contribution in [1.82, 2.24) is 9.38 Å². The number of hydrogen-bond acceptors (Lipinski definition) is 2. The molecule has 0 bridgehead atoms. The average Bonchev–Trinajstić information content (AvgIpc) is 2.68. The van der Waals surface area contributed by atoms with Crippen molar-refractivity contribution in [3.8, 4) is 11.3 Å². The van der Waals surface area contributed by atoms with Gasteiger partial charge >= 0.3 is 0 Å². The topological polar surface area (TPSA) is 43.3 Å². The molecule has 4 heteroatoms. The minimum absolute atomic E-state index is 0.331. The molecule has 0 radical (unpaired) electrons. The minimum atomic E-state index is -0.331. The van der Waals surface area contributed by atoms with E-state index in [0.717, 1.165) is 11.1 Å². The van der Waals surface area contributed by atoms with E-state index in [1.54, 1.807) is 10.5 Å². The lowest BCUT2D eigenvalue weighted by Crippen LogP contribution is -1.95. The molecule has 0 atom stereocenters. The number of imidazole rings is 1. The lowest BCUT2D eigenvalue weighted by molar-refractivity contribution is 0.619. The van der Waals surface area contributed by atoms with Gasteiger partial charge in [-0.25, -0.2) is 9.37 Å². The Morgan fingerprint density at radius 3 is 2.72 bits per heavy atom. The Bertz CT molecular complexity index is 731. The van der Waals surface area contributed by atoms with Gasteiger partial charge in [-0.1, -0.05) is 24.3 Å². The molecular formula is C14H12FN3. The number of hydrogen-bond donors (Lipinski definition) is 1. The van der Waals surface area contributed by atoms with Crippen molar-refractivity contribution in [2.75, 3.05) is 5.73 Å². The molecule has 3 rings (SSSR count). The zero-order valence-corrected chi connectivity index (χ0v) is 9.89. The summed E-state index contributed by atoms with van der Waals surface area (Å²) in [6, 6.07) is 10.9. The Morgan fingerprint density at radius 1 is 1.17 bits per heavy atom. The number of nitrogens with two attached hydrogens (primary N) is 1. The number of aromatic nitrogens is 2. The van der Waals surface area contributed by atoms with Crippen LogP contribution in [0.25, 0.3) is 16.9 Å². The molecule has 3 aromatic rings. The van der Waals surface area contributed by atoms with Gasteiger partial charge < -0.3 is 5.73 Å². The number of nitrogen functional groups attached to an aromatic ring is 1. The van der Waals surface area contributed by atoms with Crippen LogP contribution in [-0.4, -0.2) is 9.38 Å². The summed E-state index contributed by atoms with van der Waals surface area (Å²) in [5.41, 5.74) is 9.44. The largest absolute Gasteiger partial charge is 0.383 e. The SMILES string of the molecule is Cc1ccccc1-c1nc2ccc(F)cn2c1N. The second-order valence-electron chi connectivity index (χ2n) is 4.24. The summed E-state index contributed by atoms with van der Waals surface area (Å²) in [6.45, 7) is 2.00. The Balaban J connectivity index is 2.31. The van der Waals surface area contributed by atoms with Crippen molar-refractivity contribution in [3.63, 3.8) is 0 Å². The number of halogens is 1. The van der Waals surface area contributed by atoms with E-state index < -0.39 is 0 Å². The van der Waals surface area contributed by atoms with Crippen LogP contribution in [0.2, 0.25) is 0 Å².